The highest BCUT2D eigenvalue weighted by molar-refractivity contribution is 7.13. The number of hydrogen-bond acceptors (Lipinski definition) is 4. The highest BCUT2D eigenvalue weighted by Crippen LogP contribution is 2.47. The number of anilines is 1. The zero-order valence-electron chi connectivity index (χ0n) is 11.1. The largest absolute Gasteiger partial charge is 0.459 e. The third-order valence-corrected chi connectivity index (χ3v) is 4.07. The molecule has 3 nitrogen and oxygen atoms in total. The number of halogens is 8. The summed E-state index contributed by atoms with van der Waals surface area (Å²) in [5.74, 6) is -5.89. The van der Waals surface area contributed by atoms with E-state index >= 15 is 0 Å². The molecule has 0 saturated carbocycles. The summed E-state index contributed by atoms with van der Waals surface area (Å²) in [6.45, 7) is 0.427. The minimum absolute atomic E-state index is 0.0924. The van der Waals surface area contributed by atoms with Crippen LogP contribution in [0.4, 0.5) is 40.3 Å². The Morgan fingerprint density at radius 2 is 1.48 bits per heavy atom. The van der Waals surface area contributed by atoms with Crippen LogP contribution in [-0.4, -0.2) is 24.2 Å². The lowest BCUT2D eigenvalue weighted by atomic mass is 10.1. The number of aromatic nitrogens is 1. The molecule has 12 heteroatoms. The van der Waals surface area contributed by atoms with E-state index < -0.39 is 39.4 Å². The summed E-state index contributed by atoms with van der Waals surface area (Å²) in [5.41, 5.74) is -5.17. The molecule has 1 aromatic rings. The minimum atomic E-state index is -6.30. The fraction of sp³-hybridized carbons (Fsp3) is 0.636. The van der Waals surface area contributed by atoms with Gasteiger partial charge in [-0.2, -0.15) is 35.1 Å². The quantitative estimate of drug-likeness (QED) is 0.745. The summed E-state index contributed by atoms with van der Waals surface area (Å²) in [7, 11) is 0. The van der Waals surface area contributed by atoms with Gasteiger partial charge in [0, 0.05) is 13.1 Å². The second-order valence-electron chi connectivity index (χ2n) is 4.77. The standard InChI is InChI=1S/C11H8F8N2OS/c12-9(13,11(17,18)19)6-5(10(14,15)16)7(22)23-8(20-6)21-3-1-2-4-21/h1-4H2. The van der Waals surface area contributed by atoms with Gasteiger partial charge in [0.25, 0.3) is 0 Å². The highest BCUT2D eigenvalue weighted by atomic mass is 32.1. The molecular formula is C11H8F8N2OS. The normalized spacial score (nSPS) is 17.0. The monoisotopic (exact) mass is 368 g/mol. The van der Waals surface area contributed by atoms with Gasteiger partial charge in [0.15, 0.2) is 5.13 Å². The molecule has 1 fully saturated rings. The highest BCUT2D eigenvalue weighted by Gasteiger charge is 2.63. The van der Waals surface area contributed by atoms with Crippen LogP contribution in [0.3, 0.4) is 0 Å². The van der Waals surface area contributed by atoms with E-state index in [2.05, 4.69) is 4.98 Å². The lowest BCUT2D eigenvalue weighted by Gasteiger charge is -2.24. The van der Waals surface area contributed by atoms with Gasteiger partial charge >= 0.3 is 18.3 Å². The topological polar surface area (TPSA) is 33.2 Å². The lowest BCUT2D eigenvalue weighted by molar-refractivity contribution is -0.292. The molecule has 0 N–H and O–H groups in total. The lowest BCUT2D eigenvalue weighted by Crippen LogP contribution is -2.39. The van der Waals surface area contributed by atoms with Gasteiger partial charge in [-0.15, -0.1) is 0 Å². The molecule has 2 heterocycles. The van der Waals surface area contributed by atoms with Gasteiger partial charge in [-0.05, 0) is 12.8 Å². The number of nitrogens with zero attached hydrogens (tertiary/aromatic N) is 2. The van der Waals surface area contributed by atoms with Crippen molar-refractivity contribution in [2.75, 3.05) is 18.0 Å². The first-order valence-corrected chi connectivity index (χ1v) is 6.99. The van der Waals surface area contributed by atoms with Crippen LogP contribution in [-0.2, 0) is 12.1 Å². The van der Waals surface area contributed by atoms with Gasteiger partial charge in [0.1, 0.15) is 11.3 Å². The van der Waals surface area contributed by atoms with Crippen LogP contribution in [0.2, 0.25) is 0 Å². The molecule has 0 spiro atoms. The van der Waals surface area contributed by atoms with Crippen LogP contribution in [0.5, 0.6) is 0 Å². The van der Waals surface area contributed by atoms with Crippen molar-refractivity contribution in [3.63, 3.8) is 0 Å². The van der Waals surface area contributed by atoms with E-state index in [1.807, 2.05) is 0 Å². The van der Waals surface area contributed by atoms with Gasteiger partial charge < -0.3 is 4.90 Å². The average Bonchev–Trinajstić information content (AvgIpc) is 2.88. The van der Waals surface area contributed by atoms with Crippen LogP contribution in [0, 0.1) is 0 Å². The maximum atomic E-state index is 13.5. The predicted octanol–water partition coefficient (Wildman–Crippen LogP) is 3.78. The fourth-order valence-electron chi connectivity index (χ4n) is 2.06. The molecule has 23 heavy (non-hydrogen) atoms. The maximum Gasteiger partial charge on any atom is 0.459 e. The second kappa shape index (κ2) is 5.56. The molecule has 0 unspecified atom stereocenters. The third kappa shape index (κ3) is 3.26. The Labute approximate surface area is 127 Å². The van der Waals surface area contributed by atoms with Crippen LogP contribution < -0.4 is 9.64 Å². The Balaban J connectivity index is 2.72. The number of alkyl halides is 8. The van der Waals surface area contributed by atoms with Gasteiger partial charge in [0.2, 0.25) is 4.74 Å². The first-order valence-electron chi connectivity index (χ1n) is 6.18. The SMILES string of the molecule is O=c1sc(N2CCCC2)nc(C(F)(F)C(F)(F)F)c1C(F)(F)F. The smallest absolute Gasteiger partial charge is 0.348 e. The predicted molar refractivity (Wildman–Crippen MR) is 64.8 cm³/mol. The fourth-order valence-corrected chi connectivity index (χ4v) is 2.99. The molecule has 0 radical (unpaired) electrons. The van der Waals surface area contributed by atoms with Crippen molar-refractivity contribution < 1.29 is 35.1 Å². The Morgan fingerprint density at radius 3 is 1.91 bits per heavy atom. The molecule has 1 aliphatic heterocycles. The van der Waals surface area contributed by atoms with Crippen LogP contribution in [0.1, 0.15) is 24.1 Å². The summed E-state index contributed by atoms with van der Waals surface area (Å²) in [5, 5.41) is -0.570. The van der Waals surface area contributed by atoms with Crippen LogP contribution >= 0.6 is 11.3 Å². The van der Waals surface area contributed by atoms with E-state index in [0.717, 1.165) is 0 Å². The average molecular weight is 368 g/mol. The van der Waals surface area contributed by atoms with Crippen molar-refractivity contribution in [1.82, 2.24) is 4.98 Å². The van der Waals surface area contributed by atoms with E-state index in [0.29, 0.717) is 12.8 Å². The van der Waals surface area contributed by atoms with Crippen molar-refractivity contribution in [3.05, 3.63) is 20.8 Å². The number of rotatable bonds is 2. The molecule has 0 atom stereocenters. The number of hydrogen-bond donors (Lipinski definition) is 0. The van der Waals surface area contributed by atoms with Crippen molar-refractivity contribution in [2.45, 2.75) is 31.1 Å². The van der Waals surface area contributed by atoms with Crippen molar-refractivity contribution >= 4 is 16.5 Å². The first-order chi connectivity index (χ1) is 10.4. The van der Waals surface area contributed by atoms with Gasteiger partial charge in [-0.3, -0.25) is 4.79 Å². The van der Waals surface area contributed by atoms with Crippen molar-refractivity contribution in [3.8, 4) is 0 Å². The van der Waals surface area contributed by atoms with E-state index in [4.69, 9.17) is 0 Å². The van der Waals surface area contributed by atoms with E-state index in [-0.39, 0.29) is 24.4 Å². The molecular weight excluding hydrogens is 360 g/mol. The minimum Gasteiger partial charge on any atom is -0.348 e. The molecule has 1 aromatic heterocycles. The van der Waals surface area contributed by atoms with E-state index in [1.165, 1.54) is 4.90 Å². The zero-order chi connectivity index (χ0) is 17.6. The second-order valence-corrected chi connectivity index (χ2v) is 5.71. The van der Waals surface area contributed by atoms with Crippen molar-refractivity contribution in [2.24, 2.45) is 0 Å². The Kier molecular flexibility index (Phi) is 4.33. The summed E-state index contributed by atoms with van der Waals surface area (Å²) in [4.78, 5) is 15.7. The zero-order valence-corrected chi connectivity index (χ0v) is 11.9. The van der Waals surface area contributed by atoms with Crippen LogP contribution in [0.15, 0.2) is 4.79 Å². The molecule has 1 saturated heterocycles. The molecule has 1 aliphatic rings. The summed E-state index contributed by atoms with van der Waals surface area (Å²) in [6, 6.07) is 0. The molecule has 0 amide bonds. The van der Waals surface area contributed by atoms with Gasteiger partial charge in [0.05, 0.1) is 0 Å². The summed E-state index contributed by atoms with van der Waals surface area (Å²) >= 11 is -0.0924. The molecule has 0 bridgehead atoms. The summed E-state index contributed by atoms with van der Waals surface area (Å²) in [6.07, 6.45) is -10.8. The van der Waals surface area contributed by atoms with Gasteiger partial charge in [-0.25, -0.2) is 4.98 Å². The third-order valence-electron chi connectivity index (χ3n) is 3.15. The Morgan fingerprint density at radius 1 is 0.957 bits per heavy atom. The van der Waals surface area contributed by atoms with Crippen molar-refractivity contribution in [1.29, 1.82) is 0 Å². The van der Waals surface area contributed by atoms with E-state index in [9.17, 15) is 39.9 Å². The van der Waals surface area contributed by atoms with Gasteiger partial charge in [-0.1, -0.05) is 11.3 Å². The molecule has 0 aromatic carbocycles. The summed E-state index contributed by atoms with van der Waals surface area (Å²) < 4.78 is 101. The maximum absolute atomic E-state index is 13.5. The molecule has 0 aliphatic carbocycles. The van der Waals surface area contributed by atoms with Crippen LogP contribution in [0.25, 0.3) is 0 Å². The first kappa shape index (κ1) is 17.9. The molecule has 2 rings (SSSR count). The molecule has 130 valence electrons. The Hall–Kier alpha value is -1.46. The Bertz CT molecular complexity index is 645. The van der Waals surface area contributed by atoms with E-state index in [1.54, 1.807) is 0 Å².